The summed E-state index contributed by atoms with van der Waals surface area (Å²) in [4.78, 5) is 26.5. The van der Waals surface area contributed by atoms with Gasteiger partial charge < -0.3 is 18.7 Å². The molecule has 0 aromatic heterocycles. The fraction of sp³-hybridized carbons (Fsp3) is 0.500. The Hall–Kier alpha value is -1.69. The third kappa shape index (κ3) is 2.48. The molecule has 0 aliphatic carbocycles. The maximum absolute atomic E-state index is 13.2. The van der Waals surface area contributed by atoms with Crippen LogP contribution in [0, 0.1) is 0 Å². The zero-order valence-corrected chi connectivity index (χ0v) is 14.5. The minimum absolute atomic E-state index is 0.159. The molecular formula is C16H20NO6P. The van der Waals surface area contributed by atoms with Gasteiger partial charge in [-0.15, -0.1) is 0 Å². The van der Waals surface area contributed by atoms with Gasteiger partial charge in [-0.25, -0.2) is 4.79 Å². The largest absolute Gasteiger partial charge is 0.464 e. The van der Waals surface area contributed by atoms with Crippen LogP contribution in [0.2, 0.25) is 0 Å². The fourth-order valence-corrected chi connectivity index (χ4v) is 5.74. The van der Waals surface area contributed by atoms with Crippen LogP contribution in [0.3, 0.4) is 0 Å². The molecule has 1 spiro atoms. The predicted molar refractivity (Wildman–Crippen MR) is 85.6 cm³/mol. The van der Waals surface area contributed by atoms with E-state index in [9.17, 15) is 14.2 Å². The number of ether oxygens (including phenoxy) is 1. The number of benzene rings is 1. The molecule has 1 aromatic carbocycles. The standard InChI is InChI=1S/C16H20NO6P/c1-3-22-24(20,23-4-2)14-16(10-11-21-15(16)19)17(14)13(18)12-8-6-5-7-9-12/h5-9,14H,3-4,10-11H2,1-2H3. The topological polar surface area (TPSA) is 81.9 Å². The SMILES string of the molecule is CCOP(=O)(OCC)C1N(C(=O)c2ccccc2)C12CCOC2=O. The Balaban J connectivity index is 1.99. The van der Waals surface area contributed by atoms with E-state index >= 15 is 0 Å². The van der Waals surface area contributed by atoms with Gasteiger partial charge >= 0.3 is 13.6 Å². The monoisotopic (exact) mass is 353 g/mol. The number of hydrogen-bond donors (Lipinski definition) is 0. The normalized spacial score (nSPS) is 25.8. The van der Waals surface area contributed by atoms with Gasteiger partial charge in [0.05, 0.1) is 19.8 Å². The maximum Gasteiger partial charge on any atom is 0.356 e. The molecule has 1 aromatic rings. The second-order valence-corrected chi connectivity index (χ2v) is 7.69. The zero-order valence-electron chi connectivity index (χ0n) is 13.6. The van der Waals surface area contributed by atoms with E-state index in [1.807, 2.05) is 0 Å². The van der Waals surface area contributed by atoms with E-state index in [1.54, 1.807) is 44.2 Å². The van der Waals surface area contributed by atoms with Crippen LogP contribution < -0.4 is 0 Å². The van der Waals surface area contributed by atoms with E-state index in [0.29, 0.717) is 12.0 Å². The van der Waals surface area contributed by atoms with Gasteiger partial charge in [-0.2, -0.15) is 0 Å². The van der Waals surface area contributed by atoms with Crippen LogP contribution in [-0.2, 0) is 23.1 Å². The van der Waals surface area contributed by atoms with Crippen molar-refractivity contribution in [1.82, 2.24) is 4.90 Å². The van der Waals surface area contributed by atoms with Crippen molar-refractivity contribution in [3.05, 3.63) is 35.9 Å². The molecule has 24 heavy (non-hydrogen) atoms. The maximum atomic E-state index is 13.2. The van der Waals surface area contributed by atoms with Crippen LogP contribution in [-0.4, -0.2) is 47.9 Å². The van der Waals surface area contributed by atoms with Crippen molar-refractivity contribution in [3.63, 3.8) is 0 Å². The first-order valence-corrected chi connectivity index (χ1v) is 9.57. The van der Waals surface area contributed by atoms with Gasteiger partial charge in [0.25, 0.3) is 5.91 Å². The summed E-state index contributed by atoms with van der Waals surface area (Å²) in [6.45, 7) is 3.89. The minimum atomic E-state index is -3.66. The molecule has 2 fully saturated rings. The van der Waals surface area contributed by atoms with Gasteiger partial charge in [0, 0.05) is 12.0 Å². The number of cyclic esters (lactones) is 1. The number of carbonyl (C=O) groups is 2. The van der Waals surface area contributed by atoms with E-state index in [-0.39, 0.29) is 25.7 Å². The lowest BCUT2D eigenvalue weighted by atomic mass is 10.1. The van der Waals surface area contributed by atoms with Crippen LogP contribution in [0.25, 0.3) is 0 Å². The molecule has 8 heteroatoms. The number of amides is 1. The molecule has 7 nitrogen and oxygen atoms in total. The lowest BCUT2D eigenvalue weighted by Gasteiger charge is -2.16. The summed E-state index contributed by atoms with van der Waals surface area (Å²) in [6.07, 6.45) is 0.291. The smallest absolute Gasteiger partial charge is 0.356 e. The van der Waals surface area contributed by atoms with E-state index in [2.05, 4.69) is 0 Å². The molecule has 0 bridgehead atoms. The van der Waals surface area contributed by atoms with Gasteiger partial charge in [-0.3, -0.25) is 9.36 Å². The average Bonchev–Trinajstić information content (AvgIpc) is 3.12. The van der Waals surface area contributed by atoms with Gasteiger partial charge in [-0.1, -0.05) is 18.2 Å². The van der Waals surface area contributed by atoms with Crippen LogP contribution >= 0.6 is 7.60 Å². The Morgan fingerprint density at radius 2 is 1.92 bits per heavy atom. The Morgan fingerprint density at radius 3 is 2.42 bits per heavy atom. The summed E-state index contributed by atoms with van der Waals surface area (Å²) >= 11 is 0. The van der Waals surface area contributed by atoms with Gasteiger partial charge in [0.1, 0.15) is 0 Å². The second kappa shape index (κ2) is 6.31. The van der Waals surface area contributed by atoms with Crippen LogP contribution in [0.5, 0.6) is 0 Å². The van der Waals surface area contributed by atoms with Gasteiger partial charge in [0.15, 0.2) is 11.3 Å². The molecule has 2 atom stereocenters. The Labute approximate surface area is 140 Å². The highest BCUT2D eigenvalue weighted by atomic mass is 31.2. The number of rotatable bonds is 6. The molecule has 2 aliphatic rings. The minimum Gasteiger partial charge on any atom is -0.464 e. The summed E-state index contributed by atoms with van der Waals surface area (Å²) in [5, 5.41) is 0. The predicted octanol–water partition coefficient (Wildman–Crippen LogP) is 2.42. The Morgan fingerprint density at radius 1 is 1.29 bits per heavy atom. The molecule has 0 N–H and O–H groups in total. The Bertz CT molecular complexity index is 683. The molecule has 3 rings (SSSR count). The van der Waals surface area contributed by atoms with Crippen LogP contribution in [0.15, 0.2) is 30.3 Å². The van der Waals surface area contributed by atoms with Crippen molar-refractivity contribution in [2.45, 2.75) is 31.6 Å². The summed E-state index contributed by atoms with van der Waals surface area (Å²) in [6, 6.07) is 8.56. The van der Waals surface area contributed by atoms with Gasteiger partial charge in [-0.05, 0) is 26.0 Å². The van der Waals surface area contributed by atoms with E-state index in [0.717, 1.165) is 0 Å². The van der Waals surface area contributed by atoms with Crippen molar-refractivity contribution in [1.29, 1.82) is 0 Å². The highest BCUT2D eigenvalue weighted by molar-refractivity contribution is 7.55. The van der Waals surface area contributed by atoms with Gasteiger partial charge in [0.2, 0.25) is 0 Å². The molecule has 2 saturated heterocycles. The number of nitrogens with zero attached hydrogens (tertiary/aromatic N) is 1. The third-order valence-corrected chi connectivity index (χ3v) is 6.75. The van der Waals surface area contributed by atoms with Crippen LogP contribution in [0.1, 0.15) is 30.6 Å². The van der Waals surface area contributed by atoms with E-state index in [1.165, 1.54) is 4.90 Å². The summed E-state index contributed by atoms with van der Waals surface area (Å²) in [5.74, 6) is -1.86. The summed E-state index contributed by atoms with van der Waals surface area (Å²) in [7, 11) is -3.66. The average molecular weight is 353 g/mol. The fourth-order valence-electron chi connectivity index (χ4n) is 3.25. The Kier molecular flexibility index (Phi) is 4.51. The van der Waals surface area contributed by atoms with E-state index in [4.69, 9.17) is 13.8 Å². The van der Waals surface area contributed by atoms with E-state index < -0.39 is 24.9 Å². The molecular weight excluding hydrogens is 333 g/mol. The molecule has 130 valence electrons. The van der Waals surface area contributed by atoms with Crippen LogP contribution in [0.4, 0.5) is 0 Å². The molecule has 0 radical (unpaired) electrons. The van der Waals surface area contributed by atoms with Crippen molar-refractivity contribution < 1.29 is 27.9 Å². The number of hydrogen-bond acceptors (Lipinski definition) is 6. The summed E-state index contributed by atoms with van der Waals surface area (Å²) < 4.78 is 29.0. The van der Waals surface area contributed by atoms with Crippen molar-refractivity contribution in [2.75, 3.05) is 19.8 Å². The lowest BCUT2D eigenvalue weighted by Crippen LogP contribution is -2.28. The summed E-state index contributed by atoms with van der Waals surface area (Å²) in [5.41, 5.74) is -0.828. The molecule has 2 heterocycles. The van der Waals surface area contributed by atoms with Crippen molar-refractivity contribution in [3.8, 4) is 0 Å². The first kappa shape index (κ1) is 17.1. The molecule has 2 aliphatic heterocycles. The first-order valence-electron chi connectivity index (χ1n) is 7.96. The third-order valence-electron chi connectivity index (χ3n) is 4.26. The highest BCUT2D eigenvalue weighted by Gasteiger charge is 2.80. The molecule has 1 amide bonds. The molecule has 2 unspecified atom stereocenters. The second-order valence-electron chi connectivity index (χ2n) is 5.60. The number of carbonyl (C=O) groups excluding carboxylic acids is 2. The highest BCUT2D eigenvalue weighted by Crippen LogP contribution is 2.69. The zero-order chi connectivity index (χ0) is 17.4. The quantitative estimate of drug-likeness (QED) is 0.444. The number of esters is 1. The lowest BCUT2D eigenvalue weighted by molar-refractivity contribution is -0.140. The molecule has 0 saturated carbocycles. The first-order chi connectivity index (χ1) is 11.5. The van der Waals surface area contributed by atoms with Crippen molar-refractivity contribution >= 4 is 19.5 Å². The van der Waals surface area contributed by atoms with Crippen molar-refractivity contribution in [2.24, 2.45) is 0 Å².